The maximum Gasteiger partial charge on any atom is 0.323 e. The van der Waals surface area contributed by atoms with Crippen LogP contribution in [0.25, 0.3) is 11.0 Å². The van der Waals surface area contributed by atoms with Gasteiger partial charge >= 0.3 is 6.03 Å². The number of anilines is 3. The number of benzene rings is 3. The second kappa shape index (κ2) is 10.3. The number of hydrogen-bond acceptors (Lipinski definition) is 6. The van der Waals surface area contributed by atoms with Crippen molar-refractivity contribution in [2.75, 3.05) is 41.8 Å². The van der Waals surface area contributed by atoms with Gasteiger partial charge in [0.15, 0.2) is 5.78 Å². The number of rotatable bonds is 5. The number of urea groups is 1. The highest BCUT2D eigenvalue weighted by molar-refractivity contribution is 6.31. The summed E-state index contributed by atoms with van der Waals surface area (Å²) in [6.45, 7) is 2.75. The van der Waals surface area contributed by atoms with E-state index in [4.69, 9.17) is 21.3 Å². The summed E-state index contributed by atoms with van der Waals surface area (Å²) in [6.07, 6.45) is 1.73. The summed E-state index contributed by atoms with van der Waals surface area (Å²) in [5.41, 5.74) is 2.92. The molecular weight excluding hydrogens is 485 g/mol. The van der Waals surface area contributed by atoms with Crippen LogP contribution in [0.2, 0.25) is 5.02 Å². The minimum Gasteiger partial charge on any atom is -0.378 e. The van der Waals surface area contributed by atoms with E-state index in [9.17, 15) is 14.0 Å². The molecule has 1 aliphatic rings. The van der Waals surface area contributed by atoms with Gasteiger partial charge in [-0.1, -0.05) is 23.7 Å². The Kier molecular flexibility index (Phi) is 6.75. The molecule has 0 bridgehead atoms. The molecule has 1 aliphatic heterocycles. The van der Waals surface area contributed by atoms with Gasteiger partial charge in [0, 0.05) is 35.6 Å². The third kappa shape index (κ3) is 5.27. The van der Waals surface area contributed by atoms with E-state index in [2.05, 4.69) is 20.5 Å². The summed E-state index contributed by atoms with van der Waals surface area (Å²) in [6, 6.07) is 15.1. The molecule has 36 heavy (non-hydrogen) atoms. The number of morpholine rings is 1. The molecule has 1 saturated heterocycles. The minimum atomic E-state index is -0.578. The fraction of sp³-hybridized carbons (Fsp3) is 0.154. The van der Waals surface area contributed by atoms with Crippen molar-refractivity contribution in [2.45, 2.75) is 0 Å². The van der Waals surface area contributed by atoms with Gasteiger partial charge in [-0.3, -0.25) is 9.78 Å². The Hall–Kier alpha value is -4.08. The van der Waals surface area contributed by atoms with Crippen molar-refractivity contribution in [3.8, 4) is 0 Å². The second-order valence-corrected chi connectivity index (χ2v) is 8.56. The smallest absolute Gasteiger partial charge is 0.323 e. The van der Waals surface area contributed by atoms with Gasteiger partial charge in [-0.25, -0.2) is 14.2 Å². The molecule has 0 spiro atoms. The summed E-state index contributed by atoms with van der Waals surface area (Å²) in [5.74, 6) is -0.0503. The Balaban J connectivity index is 1.32. The van der Waals surface area contributed by atoms with E-state index in [-0.39, 0.29) is 10.8 Å². The molecule has 0 aliphatic carbocycles. The van der Waals surface area contributed by atoms with Crippen LogP contribution in [0.1, 0.15) is 15.9 Å². The number of carbonyl (C=O) groups is 2. The third-order valence-electron chi connectivity index (χ3n) is 5.69. The first-order chi connectivity index (χ1) is 17.5. The van der Waals surface area contributed by atoms with Gasteiger partial charge in [-0.05, 0) is 48.5 Å². The second-order valence-electron chi connectivity index (χ2n) is 8.15. The van der Waals surface area contributed by atoms with E-state index in [1.807, 2.05) is 0 Å². The number of aromatic nitrogens is 2. The summed E-state index contributed by atoms with van der Waals surface area (Å²) < 4.78 is 18.7. The third-order valence-corrected chi connectivity index (χ3v) is 5.98. The van der Waals surface area contributed by atoms with E-state index in [0.717, 1.165) is 25.0 Å². The average Bonchev–Trinajstić information content (AvgIpc) is 2.90. The summed E-state index contributed by atoms with van der Waals surface area (Å²) >= 11 is 5.76. The summed E-state index contributed by atoms with van der Waals surface area (Å²) in [5, 5.41) is 5.15. The van der Waals surface area contributed by atoms with Crippen molar-refractivity contribution in [3.05, 3.63) is 88.8 Å². The standard InChI is InChI=1S/C26H21ClFN5O3/c27-20-14-19(5-6-21(20)28)31-26(35)30-18-3-1-2-16(12-18)25(34)17-4-7-22-23(13-17)32-24(15-29-22)33-8-10-36-11-9-33/h1-7,12-15H,8-11H2,(H2,30,31,35). The topological polar surface area (TPSA) is 96.5 Å². The SMILES string of the molecule is O=C(Nc1cccc(C(=O)c2ccc3ncc(N4CCOCC4)nc3c2)c1)Nc1ccc(F)c(Cl)c1. The highest BCUT2D eigenvalue weighted by Gasteiger charge is 2.16. The highest BCUT2D eigenvalue weighted by atomic mass is 35.5. The lowest BCUT2D eigenvalue weighted by atomic mass is 10.0. The van der Waals surface area contributed by atoms with Crippen molar-refractivity contribution >= 4 is 51.6 Å². The van der Waals surface area contributed by atoms with E-state index in [1.165, 1.54) is 12.1 Å². The Morgan fingerprint density at radius 3 is 2.44 bits per heavy atom. The molecule has 2 N–H and O–H groups in total. The van der Waals surface area contributed by atoms with Crippen LogP contribution >= 0.6 is 11.6 Å². The normalized spacial score (nSPS) is 13.4. The van der Waals surface area contributed by atoms with Crippen LogP contribution in [-0.4, -0.2) is 48.1 Å². The average molecular weight is 506 g/mol. The Bertz CT molecular complexity index is 1460. The van der Waals surface area contributed by atoms with Gasteiger partial charge in [-0.2, -0.15) is 0 Å². The number of carbonyl (C=O) groups excluding carboxylic acids is 2. The molecule has 0 saturated carbocycles. The zero-order chi connectivity index (χ0) is 25.1. The van der Waals surface area contributed by atoms with E-state index in [0.29, 0.717) is 46.7 Å². The van der Waals surface area contributed by atoms with Crippen LogP contribution in [0.3, 0.4) is 0 Å². The predicted octanol–water partition coefficient (Wildman–Crippen LogP) is 5.13. The zero-order valence-electron chi connectivity index (χ0n) is 19.0. The minimum absolute atomic E-state index is 0.0995. The Morgan fingerprint density at radius 1 is 0.917 bits per heavy atom. The van der Waals surface area contributed by atoms with Crippen molar-refractivity contribution in [1.82, 2.24) is 9.97 Å². The fourth-order valence-corrected chi connectivity index (χ4v) is 4.04. The molecule has 3 aromatic carbocycles. The maximum absolute atomic E-state index is 13.3. The molecule has 0 unspecified atom stereocenters. The van der Waals surface area contributed by atoms with Gasteiger partial charge in [0.25, 0.3) is 0 Å². The zero-order valence-corrected chi connectivity index (χ0v) is 19.8. The molecule has 5 rings (SSSR count). The van der Waals surface area contributed by atoms with Crippen LogP contribution in [0.4, 0.5) is 26.4 Å². The van der Waals surface area contributed by atoms with Crippen LogP contribution in [0.15, 0.2) is 66.9 Å². The lowest BCUT2D eigenvalue weighted by molar-refractivity contribution is 0.103. The molecule has 0 atom stereocenters. The first-order valence-corrected chi connectivity index (χ1v) is 11.6. The number of ether oxygens (including phenoxy) is 1. The number of nitrogens with one attached hydrogen (secondary N) is 2. The van der Waals surface area contributed by atoms with Gasteiger partial charge in [0.05, 0.1) is 35.5 Å². The van der Waals surface area contributed by atoms with Gasteiger partial charge in [0.1, 0.15) is 11.6 Å². The van der Waals surface area contributed by atoms with E-state index >= 15 is 0 Å². The quantitative estimate of drug-likeness (QED) is 0.365. The fourth-order valence-electron chi connectivity index (χ4n) is 3.86. The number of nitrogens with zero attached hydrogens (tertiary/aromatic N) is 3. The van der Waals surface area contributed by atoms with Crippen molar-refractivity contribution in [2.24, 2.45) is 0 Å². The monoisotopic (exact) mass is 505 g/mol. The number of halogens is 2. The number of hydrogen-bond donors (Lipinski definition) is 2. The number of fused-ring (bicyclic) bond motifs is 1. The van der Waals surface area contributed by atoms with Gasteiger partial charge < -0.3 is 20.3 Å². The number of ketones is 1. The highest BCUT2D eigenvalue weighted by Crippen LogP contribution is 2.22. The molecule has 4 aromatic rings. The summed E-state index contributed by atoms with van der Waals surface area (Å²) in [7, 11) is 0. The van der Waals surface area contributed by atoms with Crippen LogP contribution in [0.5, 0.6) is 0 Å². The van der Waals surface area contributed by atoms with Crippen LogP contribution in [0, 0.1) is 5.82 Å². The van der Waals surface area contributed by atoms with Crippen LogP contribution < -0.4 is 15.5 Å². The first-order valence-electron chi connectivity index (χ1n) is 11.2. The molecule has 1 aromatic heterocycles. The molecular formula is C26H21ClFN5O3. The van der Waals surface area contributed by atoms with Crippen molar-refractivity contribution in [1.29, 1.82) is 0 Å². The molecule has 182 valence electrons. The molecule has 2 amide bonds. The van der Waals surface area contributed by atoms with Crippen molar-refractivity contribution < 1.29 is 18.7 Å². The molecule has 10 heteroatoms. The van der Waals surface area contributed by atoms with Crippen molar-refractivity contribution in [3.63, 3.8) is 0 Å². The van der Waals surface area contributed by atoms with E-state index in [1.54, 1.807) is 48.7 Å². The largest absolute Gasteiger partial charge is 0.378 e. The first kappa shape index (κ1) is 23.7. The summed E-state index contributed by atoms with van der Waals surface area (Å²) in [4.78, 5) is 36.9. The Morgan fingerprint density at radius 2 is 1.67 bits per heavy atom. The predicted molar refractivity (Wildman–Crippen MR) is 136 cm³/mol. The molecule has 0 radical (unpaired) electrons. The maximum atomic E-state index is 13.3. The Labute approximate surface area is 211 Å². The van der Waals surface area contributed by atoms with E-state index < -0.39 is 11.8 Å². The van der Waals surface area contributed by atoms with Crippen LogP contribution in [-0.2, 0) is 4.74 Å². The molecule has 8 nitrogen and oxygen atoms in total. The number of amides is 2. The van der Waals surface area contributed by atoms with Gasteiger partial charge in [0.2, 0.25) is 0 Å². The lowest BCUT2D eigenvalue weighted by Crippen LogP contribution is -2.36. The molecule has 2 heterocycles. The van der Waals surface area contributed by atoms with Gasteiger partial charge in [-0.15, -0.1) is 0 Å². The molecule has 1 fully saturated rings. The lowest BCUT2D eigenvalue weighted by Gasteiger charge is -2.27.